The van der Waals surface area contributed by atoms with Crippen LogP contribution in [0, 0.1) is 5.92 Å². The van der Waals surface area contributed by atoms with E-state index in [2.05, 4.69) is 10.6 Å². The van der Waals surface area contributed by atoms with Crippen molar-refractivity contribution in [3.63, 3.8) is 0 Å². The molecule has 0 aliphatic heterocycles. The van der Waals surface area contributed by atoms with Gasteiger partial charge in [-0.3, -0.25) is 4.79 Å². The minimum atomic E-state index is -1.20. The molecule has 2 unspecified atom stereocenters. The van der Waals surface area contributed by atoms with E-state index in [4.69, 9.17) is 4.74 Å². The van der Waals surface area contributed by atoms with E-state index in [0.717, 1.165) is 11.1 Å². The maximum Gasteiger partial charge on any atom is 0.407 e. The van der Waals surface area contributed by atoms with Gasteiger partial charge in [-0.2, -0.15) is 0 Å². The Morgan fingerprint density at radius 2 is 1.37 bits per heavy atom. The molecule has 0 heterocycles. The standard InChI is InChI=1S/C33H40N2O6/c1-33(2,3)41-32(40)34-26(19-22-14-8-5-9-15-22)27(36)20-23(18-21-12-6-4-7-13-21)31(39)35-28-24-16-10-11-17-25(24)29(37)30(28)38/h4-17,23,26-30,36-38H,18-20H2,1-3H3,(H,34,40)(H,35,39)/t23-,26+,27+,28?,29?,30-/m1/s1. The van der Waals surface area contributed by atoms with Crippen LogP contribution in [0.2, 0.25) is 0 Å². The van der Waals surface area contributed by atoms with Gasteiger partial charge < -0.3 is 30.7 Å². The Bertz CT molecular complexity index is 1290. The molecule has 0 radical (unpaired) electrons. The molecule has 41 heavy (non-hydrogen) atoms. The third-order valence-electron chi connectivity index (χ3n) is 7.30. The van der Waals surface area contributed by atoms with Crippen molar-refractivity contribution in [2.24, 2.45) is 5.92 Å². The lowest BCUT2D eigenvalue weighted by Gasteiger charge is -2.30. The lowest BCUT2D eigenvalue weighted by molar-refractivity contribution is -0.128. The fourth-order valence-corrected chi connectivity index (χ4v) is 5.30. The third-order valence-corrected chi connectivity index (χ3v) is 7.30. The van der Waals surface area contributed by atoms with E-state index in [-0.39, 0.29) is 12.3 Å². The van der Waals surface area contributed by atoms with Gasteiger partial charge in [-0.05, 0) is 62.3 Å². The van der Waals surface area contributed by atoms with Crippen LogP contribution in [0.1, 0.15) is 61.6 Å². The molecular formula is C33H40N2O6. The summed E-state index contributed by atoms with van der Waals surface area (Å²) in [5.41, 5.74) is 2.34. The van der Waals surface area contributed by atoms with Crippen LogP contribution in [0.4, 0.5) is 4.79 Å². The van der Waals surface area contributed by atoms with Crippen molar-refractivity contribution in [1.82, 2.24) is 10.6 Å². The molecule has 6 atom stereocenters. The van der Waals surface area contributed by atoms with Crippen molar-refractivity contribution in [3.8, 4) is 0 Å². The van der Waals surface area contributed by atoms with Gasteiger partial charge in [0.15, 0.2) is 0 Å². The molecule has 1 aliphatic carbocycles. The Labute approximate surface area is 241 Å². The summed E-state index contributed by atoms with van der Waals surface area (Å²) in [6, 6.07) is 24.5. The highest BCUT2D eigenvalue weighted by Gasteiger charge is 2.40. The highest BCUT2D eigenvalue weighted by atomic mass is 16.6. The van der Waals surface area contributed by atoms with Gasteiger partial charge in [0.2, 0.25) is 5.91 Å². The number of rotatable bonds is 10. The summed E-state index contributed by atoms with van der Waals surface area (Å²) in [6.07, 6.45) is -3.33. The van der Waals surface area contributed by atoms with Gasteiger partial charge >= 0.3 is 6.09 Å². The normalized spacial score (nSPS) is 20.4. The molecule has 2 amide bonds. The molecule has 8 heteroatoms. The van der Waals surface area contributed by atoms with E-state index in [1.165, 1.54) is 0 Å². The number of benzene rings is 3. The first-order valence-electron chi connectivity index (χ1n) is 14.0. The van der Waals surface area contributed by atoms with Crippen molar-refractivity contribution in [2.75, 3.05) is 0 Å². The van der Waals surface area contributed by atoms with E-state index in [1.54, 1.807) is 45.0 Å². The van der Waals surface area contributed by atoms with Gasteiger partial charge in [-0.1, -0.05) is 84.9 Å². The Morgan fingerprint density at radius 1 is 0.829 bits per heavy atom. The van der Waals surface area contributed by atoms with Crippen LogP contribution in [-0.2, 0) is 22.4 Å². The molecule has 0 saturated carbocycles. The molecule has 0 saturated heterocycles. The van der Waals surface area contributed by atoms with Crippen LogP contribution in [0.15, 0.2) is 84.9 Å². The van der Waals surface area contributed by atoms with Crippen molar-refractivity contribution in [3.05, 3.63) is 107 Å². The first kappa shape index (κ1) is 30.2. The molecule has 8 nitrogen and oxygen atoms in total. The molecule has 3 aromatic carbocycles. The first-order chi connectivity index (χ1) is 19.5. The highest BCUT2D eigenvalue weighted by molar-refractivity contribution is 5.80. The number of hydrogen-bond acceptors (Lipinski definition) is 6. The number of alkyl carbamates (subject to hydrolysis) is 1. The molecule has 1 aliphatic rings. The van der Waals surface area contributed by atoms with Crippen molar-refractivity contribution < 1.29 is 29.6 Å². The summed E-state index contributed by atoms with van der Waals surface area (Å²) in [5.74, 6) is -1.06. The van der Waals surface area contributed by atoms with Gasteiger partial charge in [0.25, 0.3) is 0 Å². The zero-order valence-corrected chi connectivity index (χ0v) is 23.7. The highest BCUT2D eigenvalue weighted by Crippen LogP contribution is 2.39. The van der Waals surface area contributed by atoms with E-state index in [0.29, 0.717) is 24.0 Å². The molecule has 3 aromatic rings. The van der Waals surface area contributed by atoms with Gasteiger partial charge in [-0.25, -0.2) is 4.79 Å². The number of nitrogens with one attached hydrogen (secondary N) is 2. The zero-order chi connectivity index (χ0) is 29.6. The predicted molar refractivity (Wildman–Crippen MR) is 156 cm³/mol. The number of fused-ring (bicyclic) bond motifs is 1. The van der Waals surface area contributed by atoms with Crippen molar-refractivity contribution in [1.29, 1.82) is 0 Å². The van der Waals surface area contributed by atoms with Gasteiger partial charge in [0, 0.05) is 5.92 Å². The molecular weight excluding hydrogens is 520 g/mol. The quantitative estimate of drug-likeness (QED) is 0.255. The Kier molecular flexibility index (Phi) is 9.81. The zero-order valence-electron chi connectivity index (χ0n) is 23.7. The molecule has 4 rings (SSSR count). The topological polar surface area (TPSA) is 128 Å². The van der Waals surface area contributed by atoms with E-state index in [9.17, 15) is 24.9 Å². The van der Waals surface area contributed by atoms with Gasteiger partial charge in [0.05, 0.1) is 18.2 Å². The summed E-state index contributed by atoms with van der Waals surface area (Å²) in [4.78, 5) is 26.5. The van der Waals surface area contributed by atoms with Gasteiger partial charge in [-0.15, -0.1) is 0 Å². The molecule has 0 spiro atoms. The van der Waals surface area contributed by atoms with Crippen molar-refractivity contribution in [2.45, 2.75) is 76.0 Å². The summed E-state index contributed by atoms with van der Waals surface area (Å²) in [6.45, 7) is 5.30. The van der Waals surface area contributed by atoms with Crippen LogP contribution in [0.25, 0.3) is 0 Å². The van der Waals surface area contributed by atoms with Crippen LogP contribution in [0.3, 0.4) is 0 Å². The van der Waals surface area contributed by atoms with Crippen LogP contribution >= 0.6 is 0 Å². The number of ether oxygens (including phenoxy) is 1. The molecule has 0 aromatic heterocycles. The van der Waals surface area contributed by atoms with Crippen LogP contribution < -0.4 is 10.6 Å². The first-order valence-corrected chi connectivity index (χ1v) is 14.0. The maximum absolute atomic E-state index is 13.8. The Morgan fingerprint density at radius 3 is 1.95 bits per heavy atom. The fraction of sp³-hybridized carbons (Fsp3) is 0.394. The van der Waals surface area contributed by atoms with Crippen LogP contribution in [0.5, 0.6) is 0 Å². The number of amides is 2. The van der Waals surface area contributed by atoms with Crippen molar-refractivity contribution >= 4 is 12.0 Å². The lowest BCUT2D eigenvalue weighted by atomic mass is 9.88. The predicted octanol–water partition coefficient (Wildman–Crippen LogP) is 4.00. The van der Waals surface area contributed by atoms with E-state index >= 15 is 0 Å². The summed E-state index contributed by atoms with van der Waals surface area (Å²) in [5, 5.41) is 38.5. The third kappa shape index (κ3) is 8.16. The monoisotopic (exact) mass is 560 g/mol. The number of hydrogen-bond donors (Lipinski definition) is 5. The Hall–Kier alpha value is -3.72. The number of carbonyl (C=O) groups is 2. The Balaban J connectivity index is 1.56. The van der Waals surface area contributed by atoms with E-state index in [1.807, 2.05) is 60.7 Å². The average Bonchev–Trinajstić information content (AvgIpc) is 3.17. The fourth-order valence-electron chi connectivity index (χ4n) is 5.30. The molecule has 0 bridgehead atoms. The smallest absolute Gasteiger partial charge is 0.407 e. The number of aliphatic hydroxyl groups is 3. The average molecular weight is 561 g/mol. The minimum Gasteiger partial charge on any atom is -0.444 e. The summed E-state index contributed by atoms with van der Waals surface area (Å²) < 4.78 is 5.46. The molecule has 0 fully saturated rings. The second-order valence-corrected chi connectivity index (χ2v) is 11.7. The molecule has 218 valence electrons. The maximum atomic E-state index is 13.8. The molecule has 5 N–H and O–H groups in total. The van der Waals surface area contributed by atoms with Crippen LogP contribution in [-0.4, -0.2) is 51.2 Å². The summed E-state index contributed by atoms with van der Waals surface area (Å²) >= 11 is 0. The number of aliphatic hydroxyl groups excluding tert-OH is 3. The largest absolute Gasteiger partial charge is 0.444 e. The second-order valence-electron chi connectivity index (χ2n) is 11.7. The second kappa shape index (κ2) is 13.3. The number of carbonyl (C=O) groups excluding carboxylic acids is 2. The minimum absolute atomic E-state index is 0.0427. The lowest BCUT2D eigenvalue weighted by Crippen LogP contribution is -2.48. The SMILES string of the molecule is CC(C)(C)OC(=O)N[C@@H](Cc1ccccc1)[C@@H](O)C[C@@H](Cc1ccccc1)C(=O)NC1c2ccccc2C(O)[C@@H]1O. The summed E-state index contributed by atoms with van der Waals surface area (Å²) in [7, 11) is 0. The van der Waals surface area contributed by atoms with E-state index < -0.39 is 48.0 Å². The van der Waals surface area contributed by atoms with Gasteiger partial charge in [0.1, 0.15) is 17.8 Å².